The molecule has 1 N–H and O–H groups in total. The van der Waals surface area contributed by atoms with Gasteiger partial charge in [-0.25, -0.2) is 9.48 Å². The second-order valence-corrected chi connectivity index (χ2v) is 8.53. The number of halogens is 1. The third kappa shape index (κ3) is 3.80. The lowest BCUT2D eigenvalue weighted by Crippen LogP contribution is -2.20. The molecule has 30 heavy (non-hydrogen) atoms. The molecule has 0 bridgehead atoms. The highest BCUT2D eigenvalue weighted by atomic mass is 35.5. The summed E-state index contributed by atoms with van der Waals surface area (Å²) in [6.07, 6.45) is 0. The van der Waals surface area contributed by atoms with Crippen LogP contribution >= 0.6 is 34.3 Å². The fourth-order valence-corrected chi connectivity index (χ4v) is 4.83. The Balaban J connectivity index is 1.50. The molecule has 0 aliphatic carbocycles. The number of aromatic nitrogens is 2. The normalized spacial score (nSPS) is 10.7. The van der Waals surface area contributed by atoms with Crippen molar-refractivity contribution in [2.24, 2.45) is 0 Å². The van der Waals surface area contributed by atoms with Gasteiger partial charge in [-0.15, -0.1) is 22.7 Å². The average molecular weight is 457 g/mol. The van der Waals surface area contributed by atoms with E-state index >= 15 is 0 Å². The number of aryl methyl sites for hydroxylation is 1. The van der Waals surface area contributed by atoms with E-state index in [2.05, 4.69) is 10.4 Å². The second kappa shape index (κ2) is 8.28. The third-order valence-electron chi connectivity index (χ3n) is 4.20. The van der Waals surface area contributed by atoms with Crippen LogP contribution in [0, 0.1) is 18.3 Å². The van der Waals surface area contributed by atoms with Gasteiger partial charge in [0.2, 0.25) is 0 Å². The molecule has 0 atom stereocenters. The summed E-state index contributed by atoms with van der Waals surface area (Å²) in [5.74, 6) is -1.12. The minimum atomic E-state index is -0.608. The molecule has 0 fully saturated rings. The molecular weight excluding hydrogens is 444 g/mol. The summed E-state index contributed by atoms with van der Waals surface area (Å²) in [5.41, 5.74) is 1.83. The van der Waals surface area contributed by atoms with Crippen LogP contribution in [-0.2, 0) is 9.53 Å². The average Bonchev–Trinajstić information content (AvgIpc) is 3.43. The molecular formula is C20H13ClN4O3S2. The van der Waals surface area contributed by atoms with E-state index in [1.807, 2.05) is 31.2 Å². The maximum absolute atomic E-state index is 12.5. The zero-order valence-corrected chi connectivity index (χ0v) is 17.9. The van der Waals surface area contributed by atoms with E-state index in [1.54, 1.807) is 28.3 Å². The topological polar surface area (TPSA) is 97.0 Å². The number of hydrogen-bond acceptors (Lipinski definition) is 7. The molecule has 0 unspecified atom stereocenters. The van der Waals surface area contributed by atoms with Crippen molar-refractivity contribution in [2.45, 2.75) is 6.92 Å². The van der Waals surface area contributed by atoms with Crippen molar-refractivity contribution in [1.82, 2.24) is 9.78 Å². The van der Waals surface area contributed by atoms with Crippen molar-refractivity contribution in [2.75, 3.05) is 11.9 Å². The molecule has 0 saturated heterocycles. The lowest BCUT2D eigenvalue weighted by atomic mass is 10.3. The number of para-hydroxylation sites is 1. The highest BCUT2D eigenvalue weighted by Gasteiger charge is 2.20. The van der Waals surface area contributed by atoms with E-state index in [4.69, 9.17) is 21.6 Å². The first-order valence-electron chi connectivity index (χ1n) is 8.66. The number of carbonyl (C=O) groups excluding carboxylic acids is 2. The van der Waals surface area contributed by atoms with Gasteiger partial charge in [0, 0.05) is 5.39 Å². The first kappa shape index (κ1) is 20.1. The van der Waals surface area contributed by atoms with E-state index in [0.29, 0.717) is 26.2 Å². The van der Waals surface area contributed by atoms with E-state index in [9.17, 15) is 9.59 Å². The van der Waals surface area contributed by atoms with Crippen LogP contribution in [0.4, 0.5) is 5.00 Å². The van der Waals surface area contributed by atoms with Crippen molar-refractivity contribution in [3.63, 3.8) is 0 Å². The highest BCUT2D eigenvalue weighted by Crippen LogP contribution is 2.32. The van der Waals surface area contributed by atoms with E-state index in [-0.39, 0.29) is 0 Å². The number of nitrogens with one attached hydrogen (secondary N) is 1. The zero-order chi connectivity index (χ0) is 21.3. The fraction of sp³-hybridized carbons (Fsp3) is 0.100. The minimum absolute atomic E-state index is 0.355. The second-order valence-electron chi connectivity index (χ2n) is 6.18. The number of hydrogen-bond donors (Lipinski definition) is 1. The van der Waals surface area contributed by atoms with Crippen LogP contribution in [0.15, 0.2) is 41.8 Å². The Kier molecular flexibility index (Phi) is 5.55. The number of rotatable bonds is 5. The van der Waals surface area contributed by atoms with Gasteiger partial charge in [0.25, 0.3) is 5.91 Å². The summed E-state index contributed by atoms with van der Waals surface area (Å²) >= 11 is 8.73. The molecule has 7 nitrogen and oxygen atoms in total. The Bertz CT molecular complexity index is 1320. The van der Waals surface area contributed by atoms with Gasteiger partial charge in [0.1, 0.15) is 20.8 Å². The van der Waals surface area contributed by atoms with Crippen LogP contribution in [0.1, 0.15) is 20.9 Å². The van der Waals surface area contributed by atoms with Crippen molar-refractivity contribution >= 4 is 61.4 Å². The predicted octanol–water partition coefficient (Wildman–Crippen LogP) is 4.78. The molecule has 3 heterocycles. The smallest absolute Gasteiger partial charge is 0.348 e. The Hall–Kier alpha value is -3.19. The fourth-order valence-electron chi connectivity index (χ4n) is 2.79. The van der Waals surface area contributed by atoms with Crippen LogP contribution in [0.3, 0.4) is 0 Å². The first-order chi connectivity index (χ1) is 14.5. The molecule has 0 radical (unpaired) electrons. The molecule has 10 heteroatoms. The molecule has 3 aromatic heterocycles. The highest BCUT2D eigenvalue weighted by molar-refractivity contribution is 7.20. The number of benzene rings is 1. The van der Waals surface area contributed by atoms with Crippen LogP contribution in [0.5, 0.6) is 0 Å². The molecule has 1 aromatic carbocycles. The van der Waals surface area contributed by atoms with Gasteiger partial charge in [0.15, 0.2) is 6.61 Å². The summed E-state index contributed by atoms with van der Waals surface area (Å²) in [4.78, 5) is 25.6. The molecule has 0 saturated carbocycles. The zero-order valence-electron chi connectivity index (χ0n) is 15.5. The number of amides is 1. The quantitative estimate of drug-likeness (QED) is 0.436. The Morgan fingerprint density at radius 1 is 1.33 bits per heavy atom. The predicted molar refractivity (Wildman–Crippen MR) is 117 cm³/mol. The number of esters is 1. The maximum Gasteiger partial charge on any atom is 0.348 e. The van der Waals surface area contributed by atoms with Crippen molar-refractivity contribution in [3.05, 3.63) is 62.9 Å². The Morgan fingerprint density at radius 3 is 2.90 bits per heavy atom. The number of anilines is 1. The number of carbonyl (C=O) groups is 2. The molecule has 4 aromatic rings. The molecule has 0 aliphatic rings. The Labute approximate surface area is 184 Å². The molecule has 4 rings (SSSR count). The lowest BCUT2D eigenvalue weighted by molar-refractivity contribution is -0.119. The van der Waals surface area contributed by atoms with Crippen molar-refractivity contribution < 1.29 is 14.3 Å². The SMILES string of the molecule is Cc1nn(-c2ccccc2Cl)c2sc(C(=O)OCC(=O)Nc3sccc3C#N)cc12. The molecule has 1 amide bonds. The van der Waals surface area contributed by atoms with Gasteiger partial charge in [-0.1, -0.05) is 23.7 Å². The first-order valence-corrected chi connectivity index (χ1v) is 10.7. The van der Waals surface area contributed by atoms with Gasteiger partial charge in [-0.3, -0.25) is 4.79 Å². The van der Waals surface area contributed by atoms with E-state index < -0.39 is 18.5 Å². The molecule has 0 aliphatic heterocycles. The van der Waals surface area contributed by atoms with E-state index in [0.717, 1.165) is 15.9 Å². The third-order valence-corrected chi connectivity index (χ3v) is 6.44. The van der Waals surface area contributed by atoms with Gasteiger partial charge in [0.05, 0.1) is 22.0 Å². The standard InChI is InChI=1S/C20H13ClN4O3S2/c1-11-13-8-16(30-19(13)25(24-11)15-5-3-2-4-14(15)21)20(27)28-10-17(26)23-18-12(9-22)6-7-29-18/h2-8H,10H2,1H3,(H,23,26). The largest absolute Gasteiger partial charge is 0.451 e. The van der Waals surface area contributed by atoms with Crippen molar-refractivity contribution in [3.8, 4) is 11.8 Å². The van der Waals surface area contributed by atoms with Crippen LogP contribution in [0.2, 0.25) is 5.02 Å². The number of nitriles is 1. The number of thiophene rings is 2. The summed E-state index contributed by atoms with van der Waals surface area (Å²) in [6.45, 7) is 1.39. The van der Waals surface area contributed by atoms with Gasteiger partial charge >= 0.3 is 5.97 Å². The van der Waals surface area contributed by atoms with Crippen LogP contribution in [-0.4, -0.2) is 28.3 Å². The minimum Gasteiger partial charge on any atom is -0.451 e. The summed E-state index contributed by atoms with van der Waals surface area (Å²) in [7, 11) is 0. The number of nitrogens with zero attached hydrogens (tertiary/aromatic N) is 3. The summed E-state index contributed by atoms with van der Waals surface area (Å²) in [6, 6.07) is 12.6. The molecule has 150 valence electrons. The number of ether oxygens (including phenoxy) is 1. The lowest BCUT2D eigenvalue weighted by Gasteiger charge is -2.05. The van der Waals surface area contributed by atoms with Crippen LogP contribution < -0.4 is 5.32 Å². The number of fused-ring (bicyclic) bond motifs is 1. The summed E-state index contributed by atoms with van der Waals surface area (Å²) in [5, 5.41) is 19.6. The van der Waals surface area contributed by atoms with Gasteiger partial charge < -0.3 is 10.1 Å². The van der Waals surface area contributed by atoms with Gasteiger partial charge in [-0.2, -0.15) is 10.4 Å². The Morgan fingerprint density at radius 2 is 2.13 bits per heavy atom. The van der Waals surface area contributed by atoms with Gasteiger partial charge in [-0.05, 0) is 36.6 Å². The monoisotopic (exact) mass is 456 g/mol. The van der Waals surface area contributed by atoms with Crippen molar-refractivity contribution in [1.29, 1.82) is 5.26 Å². The van der Waals surface area contributed by atoms with Crippen LogP contribution in [0.25, 0.3) is 15.9 Å². The molecule has 0 spiro atoms. The summed E-state index contributed by atoms with van der Waals surface area (Å²) < 4.78 is 6.84. The van der Waals surface area contributed by atoms with E-state index in [1.165, 1.54) is 22.7 Å². The maximum atomic E-state index is 12.5.